The highest BCUT2D eigenvalue weighted by molar-refractivity contribution is 8.26. The van der Waals surface area contributed by atoms with E-state index in [4.69, 9.17) is 12.2 Å². The summed E-state index contributed by atoms with van der Waals surface area (Å²) >= 11 is 6.68. The predicted molar refractivity (Wildman–Crippen MR) is 122 cm³/mol. The first-order valence-electron chi connectivity index (χ1n) is 9.61. The summed E-state index contributed by atoms with van der Waals surface area (Å²) in [6.07, 6.45) is 0. The van der Waals surface area contributed by atoms with Crippen molar-refractivity contribution in [3.05, 3.63) is 70.1 Å². The quantitative estimate of drug-likeness (QED) is 0.526. The van der Waals surface area contributed by atoms with Gasteiger partial charge in [0.1, 0.15) is 4.32 Å². The summed E-state index contributed by atoms with van der Waals surface area (Å²) in [5.41, 5.74) is 4.33. The van der Waals surface area contributed by atoms with E-state index < -0.39 is 0 Å². The van der Waals surface area contributed by atoms with Crippen LogP contribution in [0.2, 0.25) is 0 Å². The van der Waals surface area contributed by atoms with Gasteiger partial charge in [-0.25, -0.2) is 0 Å². The number of rotatable bonds is 4. The topological polar surface area (TPSA) is 40.6 Å². The number of hydrogen-bond acceptors (Lipinski definition) is 4. The lowest BCUT2D eigenvalue weighted by Crippen LogP contribution is -2.32. The molecular formula is C23H22N2O2S2. The molecule has 0 radical (unpaired) electrons. The fourth-order valence-electron chi connectivity index (χ4n) is 3.60. The van der Waals surface area contributed by atoms with Crippen LogP contribution in [0.15, 0.2) is 53.4 Å². The largest absolute Gasteiger partial charge is 0.303 e. The van der Waals surface area contributed by atoms with Crippen LogP contribution in [-0.2, 0) is 16.1 Å². The molecule has 4 nitrogen and oxygen atoms in total. The SMILES string of the molecule is Cc1ccc(CN2C(=O)/C(=C3/SC(=S)N(CC(C)C)C3=O)c3ccccc32)cc1. The maximum Gasteiger partial charge on any atom is 0.267 e. The minimum absolute atomic E-state index is 0.142. The summed E-state index contributed by atoms with van der Waals surface area (Å²) in [6, 6.07) is 15.8. The van der Waals surface area contributed by atoms with Gasteiger partial charge in [-0.1, -0.05) is 85.9 Å². The van der Waals surface area contributed by atoms with Crippen molar-refractivity contribution in [1.29, 1.82) is 0 Å². The maximum atomic E-state index is 13.4. The molecule has 0 spiro atoms. The van der Waals surface area contributed by atoms with Crippen molar-refractivity contribution in [2.75, 3.05) is 11.4 Å². The van der Waals surface area contributed by atoms with Gasteiger partial charge in [0.05, 0.1) is 22.7 Å². The van der Waals surface area contributed by atoms with Crippen LogP contribution >= 0.6 is 24.0 Å². The van der Waals surface area contributed by atoms with Gasteiger partial charge >= 0.3 is 0 Å². The molecule has 4 rings (SSSR count). The first-order valence-corrected chi connectivity index (χ1v) is 10.8. The van der Waals surface area contributed by atoms with Crippen LogP contribution in [0.5, 0.6) is 0 Å². The molecule has 0 bridgehead atoms. The second-order valence-electron chi connectivity index (χ2n) is 7.78. The van der Waals surface area contributed by atoms with Crippen molar-refractivity contribution in [2.24, 2.45) is 5.92 Å². The Morgan fingerprint density at radius 3 is 2.34 bits per heavy atom. The van der Waals surface area contributed by atoms with E-state index in [0.29, 0.717) is 33.8 Å². The van der Waals surface area contributed by atoms with Crippen molar-refractivity contribution < 1.29 is 9.59 Å². The van der Waals surface area contributed by atoms with E-state index in [2.05, 4.69) is 0 Å². The Morgan fingerprint density at radius 1 is 0.966 bits per heavy atom. The number of aryl methyl sites for hydroxylation is 1. The second-order valence-corrected chi connectivity index (χ2v) is 9.42. The lowest BCUT2D eigenvalue weighted by Gasteiger charge is -2.17. The Labute approximate surface area is 180 Å². The number of hydrogen-bond donors (Lipinski definition) is 0. The number of benzene rings is 2. The van der Waals surface area contributed by atoms with Crippen LogP contribution in [0, 0.1) is 12.8 Å². The molecule has 2 heterocycles. The highest BCUT2D eigenvalue weighted by Gasteiger charge is 2.41. The number of amides is 2. The van der Waals surface area contributed by atoms with Crippen LogP contribution in [0.4, 0.5) is 5.69 Å². The minimum Gasteiger partial charge on any atom is -0.303 e. The van der Waals surface area contributed by atoms with Gasteiger partial charge in [-0.15, -0.1) is 0 Å². The summed E-state index contributed by atoms with van der Waals surface area (Å²) < 4.78 is 0.522. The lowest BCUT2D eigenvalue weighted by atomic mass is 10.1. The van der Waals surface area contributed by atoms with Crippen molar-refractivity contribution in [3.63, 3.8) is 0 Å². The first kappa shape index (κ1) is 19.9. The van der Waals surface area contributed by atoms with E-state index >= 15 is 0 Å². The summed E-state index contributed by atoms with van der Waals surface area (Å²) in [5.74, 6) is -0.00712. The van der Waals surface area contributed by atoms with Crippen LogP contribution in [0.3, 0.4) is 0 Å². The third-order valence-corrected chi connectivity index (χ3v) is 6.46. The molecule has 29 heavy (non-hydrogen) atoms. The molecule has 0 unspecified atom stereocenters. The third-order valence-electron chi connectivity index (χ3n) is 5.01. The Morgan fingerprint density at radius 2 is 1.66 bits per heavy atom. The molecule has 0 saturated carbocycles. The fourth-order valence-corrected chi connectivity index (χ4v) is 4.95. The number of anilines is 1. The number of para-hydroxylation sites is 1. The fraction of sp³-hybridized carbons (Fsp3) is 0.261. The molecule has 0 N–H and O–H groups in total. The summed E-state index contributed by atoms with van der Waals surface area (Å²) in [7, 11) is 0. The number of carbonyl (C=O) groups is 2. The maximum absolute atomic E-state index is 13.4. The van der Waals surface area contributed by atoms with E-state index in [1.807, 2.05) is 69.3 Å². The Hall–Kier alpha value is -2.44. The van der Waals surface area contributed by atoms with Gasteiger partial charge in [0.15, 0.2) is 0 Å². The van der Waals surface area contributed by atoms with Gasteiger partial charge in [-0.05, 0) is 24.5 Å². The molecule has 2 aromatic carbocycles. The second kappa shape index (κ2) is 7.76. The molecular weight excluding hydrogens is 400 g/mol. The molecule has 2 aliphatic heterocycles. The molecule has 2 aromatic rings. The monoisotopic (exact) mass is 422 g/mol. The number of thioether (sulfide) groups is 1. The van der Waals surface area contributed by atoms with Crippen LogP contribution < -0.4 is 4.90 Å². The number of fused-ring (bicyclic) bond motifs is 1. The minimum atomic E-state index is -0.163. The lowest BCUT2D eigenvalue weighted by molar-refractivity contribution is -0.122. The van der Waals surface area contributed by atoms with E-state index in [1.165, 1.54) is 17.3 Å². The molecule has 2 aliphatic rings. The van der Waals surface area contributed by atoms with Gasteiger partial charge < -0.3 is 4.90 Å². The van der Waals surface area contributed by atoms with Gasteiger partial charge in [-0.2, -0.15) is 0 Å². The smallest absolute Gasteiger partial charge is 0.267 e. The van der Waals surface area contributed by atoms with E-state index in [0.717, 1.165) is 16.8 Å². The van der Waals surface area contributed by atoms with E-state index in [1.54, 1.807) is 9.80 Å². The van der Waals surface area contributed by atoms with Crippen molar-refractivity contribution in [1.82, 2.24) is 4.90 Å². The Kier molecular flexibility index (Phi) is 5.32. The van der Waals surface area contributed by atoms with Gasteiger partial charge in [0, 0.05) is 12.1 Å². The average Bonchev–Trinajstić information content (AvgIpc) is 3.11. The van der Waals surface area contributed by atoms with Crippen LogP contribution in [0.25, 0.3) is 5.57 Å². The Bertz CT molecular complexity index is 1040. The zero-order chi connectivity index (χ0) is 20.7. The molecule has 1 saturated heterocycles. The molecule has 1 fully saturated rings. The summed E-state index contributed by atoms with van der Waals surface area (Å²) in [6.45, 7) is 7.16. The highest BCUT2D eigenvalue weighted by Crippen LogP contribution is 2.45. The highest BCUT2D eigenvalue weighted by atomic mass is 32.2. The average molecular weight is 423 g/mol. The Balaban J connectivity index is 1.75. The predicted octanol–water partition coefficient (Wildman–Crippen LogP) is 4.77. The molecule has 0 atom stereocenters. The van der Waals surface area contributed by atoms with Crippen LogP contribution in [0.1, 0.15) is 30.5 Å². The molecule has 2 amide bonds. The van der Waals surface area contributed by atoms with Gasteiger partial charge in [-0.3, -0.25) is 14.5 Å². The van der Waals surface area contributed by atoms with Crippen molar-refractivity contribution >= 4 is 51.4 Å². The normalized spacial score (nSPS) is 19.0. The summed E-state index contributed by atoms with van der Waals surface area (Å²) in [5, 5.41) is 0. The molecule has 0 aromatic heterocycles. The summed E-state index contributed by atoms with van der Waals surface area (Å²) in [4.78, 5) is 30.3. The van der Waals surface area contributed by atoms with Gasteiger partial charge in [0.25, 0.3) is 11.8 Å². The number of carbonyl (C=O) groups excluding carboxylic acids is 2. The molecule has 0 aliphatic carbocycles. The first-order chi connectivity index (χ1) is 13.9. The van der Waals surface area contributed by atoms with E-state index in [9.17, 15) is 9.59 Å². The third kappa shape index (κ3) is 3.63. The molecule has 6 heteroatoms. The van der Waals surface area contributed by atoms with Gasteiger partial charge in [0.2, 0.25) is 0 Å². The van der Waals surface area contributed by atoms with Crippen molar-refractivity contribution in [2.45, 2.75) is 27.3 Å². The molecule has 148 valence electrons. The standard InChI is InChI=1S/C23H22N2O2S2/c1-14(2)12-25-22(27)20(29-23(25)28)19-17-6-4-5-7-18(17)24(21(19)26)13-16-10-8-15(3)9-11-16/h4-11,14H,12-13H2,1-3H3/b20-19+. The zero-order valence-electron chi connectivity index (χ0n) is 16.6. The number of nitrogens with zero attached hydrogens (tertiary/aromatic N) is 2. The van der Waals surface area contributed by atoms with E-state index in [-0.39, 0.29) is 11.8 Å². The van der Waals surface area contributed by atoms with Crippen LogP contribution in [-0.4, -0.2) is 27.6 Å². The number of thiocarbonyl (C=S) groups is 1. The van der Waals surface area contributed by atoms with Crippen molar-refractivity contribution in [3.8, 4) is 0 Å². The zero-order valence-corrected chi connectivity index (χ0v) is 18.3.